The van der Waals surface area contributed by atoms with Gasteiger partial charge in [-0.2, -0.15) is 0 Å². The molecule has 1 N–H and O–H groups in total. The Morgan fingerprint density at radius 1 is 1.14 bits per heavy atom. The first-order valence-corrected chi connectivity index (χ1v) is 9.53. The molecule has 0 radical (unpaired) electrons. The summed E-state index contributed by atoms with van der Waals surface area (Å²) < 4.78 is 2.07. The van der Waals surface area contributed by atoms with Crippen molar-refractivity contribution in [2.45, 2.75) is 13.5 Å². The molecule has 3 aromatic rings. The zero-order chi connectivity index (χ0) is 19.5. The molecule has 1 aromatic carbocycles. The molecule has 1 aliphatic heterocycles. The van der Waals surface area contributed by atoms with Crippen molar-refractivity contribution in [3.05, 3.63) is 48.0 Å². The molecule has 8 nitrogen and oxygen atoms in total. The number of benzene rings is 1. The number of piperazine rings is 1. The quantitative estimate of drug-likeness (QED) is 0.715. The molecule has 0 bridgehead atoms. The van der Waals surface area contributed by atoms with Crippen LogP contribution in [0.25, 0.3) is 11.0 Å². The Labute approximate surface area is 164 Å². The lowest BCUT2D eigenvalue weighted by atomic mass is 10.2. The normalized spacial score (nSPS) is 15.1. The van der Waals surface area contributed by atoms with Gasteiger partial charge in [-0.3, -0.25) is 9.69 Å². The van der Waals surface area contributed by atoms with Crippen molar-refractivity contribution in [2.24, 2.45) is 7.05 Å². The van der Waals surface area contributed by atoms with Gasteiger partial charge < -0.3 is 14.8 Å². The molecule has 1 fully saturated rings. The van der Waals surface area contributed by atoms with Gasteiger partial charge in [-0.15, -0.1) is 0 Å². The Morgan fingerprint density at radius 2 is 1.89 bits per heavy atom. The number of rotatable bonds is 5. The van der Waals surface area contributed by atoms with E-state index in [9.17, 15) is 4.79 Å². The Kier molecular flexibility index (Phi) is 5.21. The van der Waals surface area contributed by atoms with E-state index in [1.165, 1.54) is 0 Å². The monoisotopic (exact) mass is 379 g/mol. The maximum Gasteiger partial charge on any atom is 0.234 e. The number of nitrogens with one attached hydrogen (secondary N) is 1. The third-order valence-corrected chi connectivity index (χ3v) is 5.23. The zero-order valence-corrected chi connectivity index (χ0v) is 16.3. The summed E-state index contributed by atoms with van der Waals surface area (Å²) in [7, 11) is 2.01. The van der Waals surface area contributed by atoms with E-state index < -0.39 is 0 Å². The van der Waals surface area contributed by atoms with Gasteiger partial charge in [0.2, 0.25) is 11.9 Å². The van der Waals surface area contributed by atoms with Crippen molar-refractivity contribution < 1.29 is 4.79 Å². The van der Waals surface area contributed by atoms with Gasteiger partial charge in [0, 0.05) is 52.2 Å². The molecular weight excluding hydrogens is 354 g/mol. The van der Waals surface area contributed by atoms with Crippen LogP contribution in [0.15, 0.2) is 36.7 Å². The predicted molar refractivity (Wildman–Crippen MR) is 108 cm³/mol. The molecule has 8 heteroatoms. The summed E-state index contributed by atoms with van der Waals surface area (Å²) in [6.45, 7) is 6.22. The number of amides is 1. The lowest BCUT2D eigenvalue weighted by molar-refractivity contribution is -0.122. The van der Waals surface area contributed by atoms with E-state index in [4.69, 9.17) is 0 Å². The van der Waals surface area contributed by atoms with Crippen LogP contribution >= 0.6 is 0 Å². The number of carbonyl (C=O) groups excluding carboxylic acids is 1. The summed E-state index contributed by atoms with van der Waals surface area (Å²) >= 11 is 0. The summed E-state index contributed by atoms with van der Waals surface area (Å²) in [4.78, 5) is 29.8. The number of aromatic nitrogens is 4. The Hall–Kier alpha value is -3.00. The number of nitrogens with zero attached hydrogens (tertiary/aromatic N) is 6. The van der Waals surface area contributed by atoms with Crippen LogP contribution < -0.4 is 10.2 Å². The topological polar surface area (TPSA) is 79.2 Å². The highest BCUT2D eigenvalue weighted by Crippen LogP contribution is 2.16. The van der Waals surface area contributed by atoms with Crippen LogP contribution in [0.4, 0.5) is 5.95 Å². The molecule has 146 valence electrons. The number of aryl methyl sites for hydroxylation is 2. The number of carbonyl (C=O) groups is 1. The van der Waals surface area contributed by atoms with Gasteiger partial charge in [-0.1, -0.05) is 6.07 Å². The number of anilines is 1. The lowest BCUT2D eigenvalue weighted by Gasteiger charge is -2.34. The van der Waals surface area contributed by atoms with Crippen molar-refractivity contribution in [1.29, 1.82) is 0 Å². The fraction of sp³-hybridized carbons (Fsp3) is 0.400. The van der Waals surface area contributed by atoms with Gasteiger partial charge in [0.15, 0.2) is 0 Å². The van der Waals surface area contributed by atoms with Gasteiger partial charge in [0.05, 0.1) is 17.6 Å². The summed E-state index contributed by atoms with van der Waals surface area (Å²) in [5.74, 6) is 1.78. The smallest absolute Gasteiger partial charge is 0.234 e. The van der Waals surface area contributed by atoms with E-state index in [0.717, 1.165) is 54.5 Å². The molecule has 28 heavy (non-hydrogen) atoms. The fourth-order valence-corrected chi connectivity index (χ4v) is 3.50. The van der Waals surface area contributed by atoms with E-state index in [0.29, 0.717) is 13.1 Å². The van der Waals surface area contributed by atoms with Gasteiger partial charge in [0.25, 0.3) is 0 Å². The number of hydrogen-bond donors (Lipinski definition) is 1. The predicted octanol–water partition coefficient (Wildman–Crippen LogP) is 1.11. The first-order valence-electron chi connectivity index (χ1n) is 9.53. The van der Waals surface area contributed by atoms with Crippen molar-refractivity contribution in [1.82, 2.24) is 29.7 Å². The van der Waals surface area contributed by atoms with Crippen molar-refractivity contribution in [2.75, 3.05) is 37.6 Å². The first-order chi connectivity index (χ1) is 13.6. The van der Waals surface area contributed by atoms with Crippen molar-refractivity contribution in [3.63, 3.8) is 0 Å². The van der Waals surface area contributed by atoms with Crippen molar-refractivity contribution in [3.8, 4) is 0 Å². The summed E-state index contributed by atoms with van der Waals surface area (Å²) in [6, 6.07) is 7.96. The van der Waals surface area contributed by atoms with E-state index in [2.05, 4.69) is 40.7 Å². The van der Waals surface area contributed by atoms with Gasteiger partial charge in [-0.25, -0.2) is 15.0 Å². The first kappa shape index (κ1) is 18.4. The maximum atomic E-state index is 12.3. The minimum atomic E-state index is 0.0432. The second-order valence-corrected chi connectivity index (χ2v) is 7.13. The molecule has 0 saturated carbocycles. The highest BCUT2D eigenvalue weighted by Gasteiger charge is 2.20. The summed E-state index contributed by atoms with van der Waals surface area (Å²) in [5, 5.41) is 3.02. The SMILES string of the molecule is Cc1nc2cc(CNC(=O)CN3CCN(c4ncccn4)CC3)ccc2n1C. The van der Waals surface area contributed by atoms with Crippen LogP contribution in [0.1, 0.15) is 11.4 Å². The average Bonchev–Trinajstić information content (AvgIpc) is 3.01. The molecule has 4 rings (SSSR count). The molecule has 0 unspecified atom stereocenters. The minimum Gasteiger partial charge on any atom is -0.351 e. The van der Waals surface area contributed by atoms with Crippen LogP contribution in [0, 0.1) is 6.92 Å². The van der Waals surface area contributed by atoms with Gasteiger partial charge >= 0.3 is 0 Å². The largest absolute Gasteiger partial charge is 0.351 e. The fourth-order valence-electron chi connectivity index (χ4n) is 3.50. The minimum absolute atomic E-state index is 0.0432. The molecular formula is C20H25N7O. The third kappa shape index (κ3) is 3.96. The lowest BCUT2D eigenvalue weighted by Crippen LogP contribution is -2.49. The van der Waals surface area contributed by atoms with Crippen LogP contribution in [-0.4, -0.2) is 63.0 Å². The van der Waals surface area contributed by atoms with E-state index in [1.807, 2.05) is 32.2 Å². The maximum absolute atomic E-state index is 12.3. The highest BCUT2D eigenvalue weighted by atomic mass is 16.2. The van der Waals surface area contributed by atoms with Crippen LogP contribution in [0.3, 0.4) is 0 Å². The molecule has 3 heterocycles. The number of fused-ring (bicyclic) bond motifs is 1. The Bertz CT molecular complexity index is 961. The van der Waals surface area contributed by atoms with Crippen molar-refractivity contribution >= 4 is 22.9 Å². The van der Waals surface area contributed by atoms with Gasteiger partial charge in [0.1, 0.15) is 5.82 Å². The standard InChI is InChI=1S/C20H25N7O/c1-15-24-17-12-16(4-5-18(17)25(15)2)13-23-19(28)14-26-8-10-27(11-9-26)20-21-6-3-7-22-20/h3-7,12H,8-11,13-14H2,1-2H3,(H,23,28). The molecule has 0 aliphatic carbocycles. The average molecular weight is 379 g/mol. The Morgan fingerprint density at radius 3 is 2.64 bits per heavy atom. The highest BCUT2D eigenvalue weighted by molar-refractivity contribution is 5.79. The second-order valence-electron chi connectivity index (χ2n) is 7.13. The Balaban J connectivity index is 1.26. The third-order valence-electron chi connectivity index (χ3n) is 5.23. The summed E-state index contributed by atoms with van der Waals surface area (Å²) in [6.07, 6.45) is 3.51. The van der Waals surface area contributed by atoms with E-state index >= 15 is 0 Å². The number of hydrogen-bond acceptors (Lipinski definition) is 6. The molecule has 1 saturated heterocycles. The second kappa shape index (κ2) is 7.93. The van der Waals surface area contributed by atoms with Crippen LogP contribution in [-0.2, 0) is 18.4 Å². The van der Waals surface area contributed by atoms with Crippen LogP contribution in [0.5, 0.6) is 0 Å². The molecule has 0 atom stereocenters. The zero-order valence-electron chi connectivity index (χ0n) is 16.3. The van der Waals surface area contributed by atoms with Gasteiger partial charge in [-0.05, 0) is 30.7 Å². The molecule has 1 amide bonds. The van der Waals surface area contributed by atoms with E-state index in [1.54, 1.807) is 12.4 Å². The molecule has 2 aromatic heterocycles. The summed E-state index contributed by atoms with van der Waals surface area (Å²) in [5.41, 5.74) is 3.13. The van der Waals surface area contributed by atoms with E-state index in [-0.39, 0.29) is 5.91 Å². The van der Waals surface area contributed by atoms with Crippen LogP contribution in [0.2, 0.25) is 0 Å². The number of imidazole rings is 1. The molecule has 0 spiro atoms. The molecule has 1 aliphatic rings.